The van der Waals surface area contributed by atoms with Crippen molar-refractivity contribution < 1.29 is 0 Å². The second-order valence-corrected chi connectivity index (χ2v) is 3.31. The first-order valence-electron chi connectivity index (χ1n) is 4.82. The van der Waals surface area contributed by atoms with E-state index in [0.29, 0.717) is 6.54 Å². The Morgan fingerprint density at radius 3 is 2.73 bits per heavy atom. The number of hydrogen-bond acceptors (Lipinski definition) is 2. The van der Waals surface area contributed by atoms with Gasteiger partial charge in [0.05, 0.1) is 11.3 Å². The summed E-state index contributed by atoms with van der Waals surface area (Å²) in [6.07, 6.45) is 1.73. The lowest BCUT2D eigenvalue weighted by Crippen LogP contribution is -2.20. The summed E-state index contributed by atoms with van der Waals surface area (Å²) in [7, 11) is 1.82. The van der Waals surface area contributed by atoms with E-state index < -0.39 is 0 Å². The van der Waals surface area contributed by atoms with Crippen LogP contribution in [0.25, 0.3) is 5.69 Å². The van der Waals surface area contributed by atoms with Crippen molar-refractivity contribution in [2.75, 3.05) is 7.05 Å². The van der Waals surface area contributed by atoms with Crippen molar-refractivity contribution in [2.45, 2.75) is 6.54 Å². The van der Waals surface area contributed by atoms with Gasteiger partial charge in [-0.2, -0.15) is 0 Å². The third kappa shape index (κ3) is 1.85. The number of nitrogens with one attached hydrogen (secondary N) is 2. The molecule has 1 aromatic heterocycles. The zero-order valence-electron chi connectivity index (χ0n) is 8.53. The van der Waals surface area contributed by atoms with Gasteiger partial charge in [-0.1, -0.05) is 18.2 Å². The van der Waals surface area contributed by atoms with E-state index in [-0.39, 0.29) is 5.56 Å². The molecule has 4 heteroatoms. The number of H-pyrrole nitrogens is 1. The highest BCUT2D eigenvalue weighted by atomic mass is 16.1. The molecule has 0 unspecified atom stereocenters. The zero-order valence-corrected chi connectivity index (χ0v) is 8.53. The third-order valence-electron chi connectivity index (χ3n) is 2.23. The minimum absolute atomic E-state index is 0.00412. The fourth-order valence-corrected chi connectivity index (χ4v) is 1.49. The van der Waals surface area contributed by atoms with E-state index in [1.807, 2.05) is 37.4 Å². The average molecular weight is 203 g/mol. The Kier molecular flexibility index (Phi) is 2.69. The molecule has 0 radical (unpaired) electrons. The summed E-state index contributed by atoms with van der Waals surface area (Å²) in [5, 5.41) is 5.90. The van der Waals surface area contributed by atoms with Crippen molar-refractivity contribution in [1.82, 2.24) is 15.1 Å². The van der Waals surface area contributed by atoms with Gasteiger partial charge in [0.2, 0.25) is 0 Å². The highest BCUT2D eigenvalue weighted by molar-refractivity contribution is 5.30. The second kappa shape index (κ2) is 4.14. The largest absolute Gasteiger partial charge is 0.315 e. The van der Waals surface area contributed by atoms with Crippen LogP contribution >= 0.6 is 0 Å². The number of nitrogens with zero attached hydrogens (tertiary/aromatic N) is 1. The predicted octanol–water partition coefficient (Wildman–Crippen LogP) is 0.885. The normalized spacial score (nSPS) is 10.5. The first kappa shape index (κ1) is 9.73. The number of rotatable bonds is 3. The molecule has 0 spiro atoms. The Morgan fingerprint density at radius 2 is 2.07 bits per heavy atom. The van der Waals surface area contributed by atoms with E-state index in [1.54, 1.807) is 6.20 Å². The molecular weight excluding hydrogens is 190 g/mol. The molecule has 0 amide bonds. The van der Waals surface area contributed by atoms with Gasteiger partial charge in [0.1, 0.15) is 0 Å². The van der Waals surface area contributed by atoms with Crippen LogP contribution in [-0.2, 0) is 6.54 Å². The molecule has 2 aromatic rings. The van der Waals surface area contributed by atoms with Crippen LogP contribution in [0.4, 0.5) is 0 Å². The van der Waals surface area contributed by atoms with Crippen molar-refractivity contribution in [3.05, 3.63) is 52.4 Å². The monoisotopic (exact) mass is 203 g/mol. The van der Waals surface area contributed by atoms with E-state index in [1.165, 1.54) is 4.68 Å². The molecule has 0 aliphatic heterocycles. The number of aromatic nitrogens is 2. The Hall–Kier alpha value is -1.81. The van der Waals surface area contributed by atoms with Crippen LogP contribution in [0.5, 0.6) is 0 Å². The predicted molar refractivity (Wildman–Crippen MR) is 59.2 cm³/mol. The molecule has 1 heterocycles. The summed E-state index contributed by atoms with van der Waals surface area (Å²) in [5.41, 5.74) is 1.58. The highest BCUT2D eigenvalue weighted by Crippen LogP contribution is 2.02. The number of hydrogen-bond donors (Lipinski definition) is 2. The molecule has 0 bridgehead atoms. The second-order valence-electron chi connectivity index (χ2n) is 3.31. The van der Waals surface area contributed by atoms with Crippen LogP contribution < -0.4 is 10.9 Å². The van der Waals surface area contributed by atoms with Gasteiger partial charge in [0.25, 0.3) is 5.56 Å². The SMILES string of the molecule is CNCc1c[nH]n(-c2ccccc2)c1=O. The van der Waals surface area contributed by atoms with E-state index in [9.17, 15) is 4.79 Å². The zero-order chi connectivity index (χ0) is 10.7. The van der Waals surface area contributed by atoms with Gasteiger partial charge in [0, 0.05) is 12.7 Å². The van der Waals surface area contributed by atoms with Crippen LogP contribution in [0, 0.1) is 0 Å². The summed E-state index contributed by atoms with van der Waals surface area (Å²) in [6, 6.07) is 9.51. The Labute approximate surface area is 87.5 Å². The summed E-state index contributed by atoms with van der Waals surface area (Å²) < 4.78 is 1.53. The van der Waals surface area contributed by atoms with E-state index >= 15 is 0 Å². The maximum atomic E-state index is 11.9. The van der Waals surface area contributed by atoms with Gasteiger partial charge in [-0.05, 0) is 19.2 Å². The molecule has 1 aromatic carbocycles. The minimum atomic E-state index is -0.00412. The quantitative estimate of drug-likeness (QED) is 0.778. The van der Waals surface area contributed by atoms with Crippen molar-refractivity contribution in [2.24, 2.45) is 0 Å². The number of benzene rings is 1. The third-order valence-corrected chi connectivity index (χ3v) is 2.23. The summed E-state index contributed by atoms with van der Waals surface area (Å²) >= 11 is 0. The van der Waals surface area contributed by atoms with Crippen molar-refractivity contribution in [1.29, 1.82) is 0 Å². The first-order valence-corrected chi connectivity index (χ1v) is 4.82. The van der Waals surface area contributed by atoms with Crippen LogP contribution in [0.1, 0.15) is 5.56 Å². The van der Waals surface area contributed by atoms with Crippen molar-refractivity contribution in [3.63, 3.8) is 0 Å². The molecular formula is C11H13N3O. The average Bonchev–Trinajstić information content (AvgIpc) is 2.63. The first-order chi connectivity index (χ1) is 7.33. The maximum absolute atomic E-state index is 11.9. The minimum Gasteiger partial charge on any atom is -0.315 e. The lowest BCUT2D eigenvalue weighted by molar-refractivity contribution is 0.802. The fourth-order valence-electron chi connectivity index (χ4n) is 1.49. The van der Waals surface area contributed by atoms with Crippen LogP contribution in [-0.4, -0.2) is 16.8 Å². The van der Waals surface area contributed by atoms with E-state index in [4.69, 9.17) is 0 Å². The van der Waals surface area contributed by atoms with Crippen molar-refractivity contribution >= 4 is 0 Å². The van der Waals surface area contributed by atoms with Crippen LogP contribution in [0.15, 0.2) is 41.3 Å². The maximum Gasteiger partial charge on any atom is 0.275 e. The lowest BCUT2D eigenvalue weighted by atomic mass is 10.3. The van der Waals surface area contributed by atoms with Gasteiger partial charge < -0.3 is 5.32 Å². The van der Waals surface area contributed by atoms with Crippen molar-refractivity contribution in [3.8, 4) is 5.69 Å². The Bertz CT molecular complexity index is 484. The number of para-hydroxylation sites is 1. The van der Waals surface area contributed by atoms with Gasteiger partial charge in [-0.25, -0.2) is 4.68 Å². The number of aromatic amines is 1. The topological polar surface area (TPSA) is 49.8 Å². The summed E-state index contributed by atoms with van der Waals surface area (Å²) in [4.78, 5) is 11.9. The highest BCUT2D eigenvalue weighted by Gasteiger charge is 2.05. The molecule has 0 saturated carbocycles. The van der Waals surface area contributed by atoms with Gasteiger partial charge in [-0.3, -0.25) is 9.89 Å². The van der Waals surface area contributed by atoms with Crippen LogP contribution in [0.3, 0.4) is 0 Å². The molecule has 0 atom stereocenters. The standard InChI is InChI=1S/C11H13N3O/c1-12-7-9-8-13-14(11(9)15)10-5-3-2-4-6-10/h2-6,8,12-13H,7H2,1H3. The molecule has 15 heavy (non-hydrogen) atoms. The fraction of sp³-hybridized carbons (Fsp3) is 0.182. The van der Waals surface area contributed by atoms with Crippen LogP contribution in [0.2, 0.25) is 0 Å². The molecule has 0 aliphatic rings. The Balaban J connectivity index is 2.43. The molecule has 0 aliphatic carbocycles. The molecule has 78 valence electrons. The van der Waals surface area contributed by atoms with Gasteiger partial charge >= 0.3 is 0 Å². The molecule has 2 N–H and O–H groups in total. The summed E-state index contributed by atoms with van der Waals surface area (Å²) in [5.74, 6) is 0. The molecule has 0 saturated heterocycles. The smallest absolute Gasteiger partial charge is 0.275 e. The van der Waals surface area contributed by atoms with Gasteiger partial charge in [-0.15, -0.1) is 0 Å². The van der Waals surface area contributed by atoms with E-state index in [0.717, 1.165) is 11.3 Å². The molecule has 4 nitrogen and oxygen atoms in total. The lowest BCUT2D eigenvalue weighted by Gasteiger charge is -1.99. The molecule has 2 rings (SSSR count). The van der Waals surface area contributed by atoms with E-state index in [2.05, 4.69) is 10.4 Å². The van der Waals surface area contributed by atoms with Gasteiger partial charge in [0.15, 0.2) is 0 Å². The Morgan fingerprint density at radius 1 is 1.33 bits per heavy atom. The molecule has 0 fully saturated rings. The summed E-state index contributed by atoms with van der Waals surface area (Å²) in [6.45, 7) is 0.579.